The Balaban J connectivity index is 1.82. The van der Waals surface area contributed by atoms with E-state index in [9.17, 15) is 0 Å². The first-order valence-corrected chi connectivity index (χ1v) is 8.81. The Morgan fingerprint density at radius 3 is 2.26 bits per heavy atom. The van der Waals surface area contributed by atoms with E-state index in [1.165, 1.54) is 57.8 Å². The van der Waals surface area contributed by atoms with Crippen LogP contribution in [0.3, 0.4) is 0 Å². The van der Waals surface area contributed by atoms with Crippen LogP contribution in [-0.4, -0.2) is 19.0 Å². The van der Waals surface area contributed by atoms with Crippen LogP contribution in [0, 0.1) is 11.8 Å². The fourth-order valence-corrected chi connectivity index (χ4v) is 2.90. The van der Waals surface area contributed by atoms with Gasteiger partial charge in [-0.25, -0.2) is 0 Å². The molecule has 1 aliphatic rings. The van der Waals surface area contributed by atoms with Crippen molar-refractivity contribution in [3.05, 3.63) is 12.2 Å². The summed E-state index contributed by atoms with van der Waals surface area (Å²) in [4.78, 5) is 0. The second-order valence-corrected chi connectivity index (χ2v) is 6.40. The van der Waals surface area contributed by atoms with Crippen molar-refractivity contribution in [2.75, 3.05) is 19.0 Å². The summed E-state index contributed by atoms with van der Waals surface area (Å²) < 4.78 is 5.84. The van der Waals surface area contributed by atoms with Crippen molar-refractivity contribution < 1.29 is 4.74 Å². The van der Waals surface area contributed by atoms with Gasteiger partial charge in [-0.05, 0) is 43.3 Å². The highest BCUT2D eigenvalue weighted by Gasteiger charge is 2.17. The number of hydrogen-bond donors (Lipinski definition) is 1. The minimum atomic E-state index is 0.756. The van der Waals surface area contributed by atoms with E-state index >= 15 is 0 Å². The molecule has 0 aromatic carbocycles. The molecule has 0 saturated carbocycles. The minimum absolute atomic E-state index is 0.756. The Labute approximate surface area is 125 Å². The van der Waals surface area contributed by atoms with Crippen LogP contribution in [0.2, 0.25) is 0 Å². The van der Waals surface area contributed by atoms with Gasteiger partial charge >= 0.3 is 0 Å². The van der Waals surface area contributed by atoms with Gasteiger partial charge in [0.15, 0.2) is 0 Å². The van der Waals surface area contributed by atoms with Crippen LogP contribution in [0.4, 0.5) is 0 Å². The highest BCUT2D eigenvalue weighted by Crippen LogP contribution is 2.25. The fourth-order valence-electron chi connectivity index (χ4n) is 2.67. The molecule has 0 saturated heterocycles. The molecule has 0 spiro atoms. The maximum absolute atomic E-state index is 5.84. The summed E-state index contributed by atoms with van der Waals surface area (Å²) in [6.45, 7) is 4.28. The van der Waals surface area contributed by atoms with Gasteiger partial charge < -0.3 is 4.74 Å². The van der Waals surface area contributed by atoms with Crippen LogP contribution in [0.25, 0.3) is 0 Å². The molecule has 112 valence electrons. The summed E-state index contributed by atoms with van der Waals surface area (Å²) in [6, 6.07) is 0. The van der Waals surface area contributed by atoms with Crippen molar-refractivity contribution in [2.24, 2.45) is 11.8 Å². The van der Waals surface area contributed by atoms with E-state index in [0.29, 0.717) is 0 Å². The second kappa shape index (κ2) is 11.8. The Morgan fingerprint density at radius 2 is 1.58 bits per heavy atom. The monoisotopic (exact) mass is 284 g/mol. The van der Waals surface area contributed by atoms with Gasteiger partial charge in [0.05, 0.1) is 0 Å². The summed E-state index contributed by atoms with van der Waals surface area (Å²) in [7, 11) is 0. The van der Waals surface area contributed by atoms with E-state index in [1.807, 2.05) is 0 Å². The lowest BCUT2D eigenvalue weighted by Gasteiger charge is -2.24. The zero-order valence-corrected chi connectivity index (χ0v) is 13.5. The standard InChI is InChI=1S/C17H32OS/c1-16-11-7-8-12-17(16)15-18-13-9-5-3-2-4-6-10-14-19/h7-8,16-17,19H,2-6,9-15H2,1H3. The minimum Gasteiger partial charge on any atom is -0.381 e. The van der Waals surface area contributed by atoms with E-state index in [0.717, 1.165) is 30.8 Å². The SMILES string of the molecule is CC1CC=CCC1COCCCCCCCCCS. The maximum Gasteiger partial charge on any atom is 0.0499 e. The Morgan fingerprint density at radius 1 is 0.947 bits per heavy atom. The van der Waals surface area contributed by atoms with Crippen LogP contribution in [0.15, 0.2) is 12.2 Å². The Bertz CT molecular complexity index is 227. The van der Waals surface area contributed by atoms with E-state index < -0.39 is 0 Å². The van der Waals surface area contributed by atoms with Gasteiger partial charge in [-0.3, -0.25) is 0 Å². The van der Waals surface area contributed by atoms with Crippen molar-refractivity contribution in [1.29, 1.82) is 0 Å². The summed E-state index contributed by atoms with van der Waals surface area (Å²) in [6.07, 6.45) is 16.4. The molecular weight excluding hydrogens is 252 g/mol. The number of unbranched alkanes of at least 4 members (excludes halogenated alkanes) is 6. The molecule has 0 aromatic rings. The molecule has 0 radical (unpaired) electrons. The first-order chi connectivity index (χ1) is 9.34. The molecule has 2 atom stereocenters. The van der Waals surface area contributed by atoms with Gasteiger partial charge in [0.25, 0.3) is 0 Å². The van der Waals surface area contributed by atoms with E-state index in [-0.39, 0.29) is 0 Å². The molecule has 0 N–H and O–H groups in total. The second-order valence-electron chi connectivity index (χ2n) is 5.95. The summed E-state index contributed by atoms with van der Waals surface area (Å²) in [5, 5.41) is 0. The number of ether oxygens (including phenoxy) is 1. The number of allylic oxidation sites excluding steroid dienone is 2. The Hall–Kier alpha value is 0.0500. The quantitative estimate of drug-likeness (QED) is 0.309. The van der Waals surface area contributed by atoms with Crippen LogP contribution in [-0.2, 0) is 4.74 Å². The van der Waals surface area contributed by atoms with Crippen molar-refractivity contribution >= 4 is 12.6 Å². The zero-order valence-electron chi connectivity index (χ0n) is 12.7. The smallest absolute Gasteiger partial charge is 0.0499 e. The molecule has 2 heteroatoms. The van der Waals surface area contributed by atoms with Crippen LogP contribution in [0.5, 0.6) is 0 Å². The van der Waals surface area contributed by atoms with E-state index in [1.54, 1.807) is 0 Å². The normalized spacial score (nSPS) is 22.8. The van der Waals surface area contributed by atoms with Crippen LogP contribution in [0.1, 0.15) is 64.7 Å². The molecule has 0 fully saturated rings. The predicted octanol–water partition coefficient (Wildman–Crippen LogP) is 5.27. The largest absolute Gasteiger partial charge is 0.381 e. The average molecular weight is 285 g/mol. The lowest BCUT2D eigenvalue weighted by Crippen LogP contribution is -2.19. The van der Waals surface area contributed by atoms with Crippen LogP contribution >= 0.6 is 12.6 Å². The van der Waals surface area contributed by atoms with Crippen molar-refractivity contribution in [2.45, 2.75) is 64.7 Å². The molecule has 1 nitrogen and oxygen atoms in total. The highest BCUT2D eigenvalue weighted by molar-refractivity contribution is 7.80. The van der Waals surface area contributed by atoms with Gasteiger partial charge in [-0.1, -0.05) is 51.2 Å². The molecule has 0 aromatic heterocycles. The average Bonchev–Trinajstić information content (AvgIpc) is 2.43. The van der Waals surface area contributed by atoms with Gasteiger partial charge in [0, 0.05) is 13.2 Å². The van der Waals surface area contributed by atoms with Crippen molar-refractivity contribution in [3.63, 3.8) is 0 Å². The van der Waals surface area contributed by atoms with Gasteiger partial charge in [0.1, 0.15) is 0 Å². The maximum atomic E-state index is 5.84. The number of thiol groups is 1. The molecule has 0 aliphatic heterocycles. The lowest BCUT2D eigenvalue weighted by molar-refractivity contribution is 0.0765. The first kappa shape index (κ1) is 17.1. The van der Waals surface area contributed by atoms with Crippen molar-refractivity contribution in [1.82, 2.24) is 0 Å². The molecule has 1 rings (SSSR count). The molecular formula is C17H32OS. The fraction of sp³-hybridized carbons (Fsp3) is 0.882. The van der Waals surface area contributed by atoms with E-state index in [4.69, 9.17) is 4.74 Å². The molecule has 1 aliphatic carbocycles. The van der Waals surface area contributed by atoms with Gasteiger partial charge in [-0.15, -0.1) is 0 Å². The summed E-state index contributed by atoms with van der Waals surface area (Å²) >= 11 is 4.23. The highest BCUT2D eigenvalue weighted by atomic mass is 32.1. The zero-order chi connectivity index (χ0) is 13.8. The molecule has 19 heavy (non-hydrogen) atoms. The van der Waals surface area contributed by atoms with Crippen molar-refractivity contribution in [3.8, 4) is 0 Å². The van der Waals surface area contributed by atoms with Gasteiger partial charge in [0.2, 0.25) is 0 Å². The third-order valence-electron chi connectivity index (χ3n) is 4.20. The van der Waals surface area contributed by atoms with Crippen LogP contribution < -0.4 is 0 Å². The third kappa shape index (κ3) is 8.75. The number of hydrogen-bond acceptors (Lipinski definition) is 2. The first-order valence-electron chi connectivity index (χ1n) is 8.18. The molecule has 0 amide bonds. The predicted molar refractivity (Wildman–Crippen MR) is 88.0 cm³/mol. The molecule has 0 bridgehead atoms. The lowest BCUT2D eigenvalue weighted by atomic mass is 9.85. The molecule has 2 unspecified atom stereocenters. The third-order valence-corrected chi connectivity index (χ3v) is 4.51. The molecule has 0 heterocycles. The van der Waals surface area contributed by atoms with E-state index in [2.05, 4.69) is 31.7 Å². The topological polar surface area (TPSA) is 9.23 Å². The summed E-state index contributed by atoms with van der Waals surface area (Å²) in [5.41, 5.74) is 0. The summed E-state index contributed by atoms with van der Waals surface area (Å²) in [5.74, 6) is 2.60. The number of rotatable bonds is 11. The Kier molecular flexibility index (Phi) is 10.7. The van der Waals surface area contributed by atoms with Gasteiger partial charge in [-0.2, -0.15) is 12.6 Å².